The fourth-order valence-electron chi connectivity index (χ4n) is 2.20. The van der Waals surface area contributed by atoms with E-state index in [9.17, 15) is 33.8 Å². The second-order valence-electron chi connectivity index (χ2n) is 5.45. The van der Waals surface area contributed by atoms with Gasteiger partial charge in [0.2, 0.25) is 0 Å². The van der Waals surface area contributed by atoms with Crippen LogP contribution in [0.4, 0.5) is 0 Å². The Balaban J connectivity index is 2.06. The molecule has 0 saturated carbocycles. The molecular weight excluding hydrogens is 485 g/mol. The SMILES string of the molecule is O=c1ccn([C@@H]2O[C@H](CO[P@](O)(=S)OP(=O)(O)OP(=O)(O)O)[C@@H](O)[C@H]2O)c(=O)[nH]1. The third-order valence-electron chi connectivity index (χ3n) is 3.28. The number of aliphatic hydroxyl groups excluding tert-OH is 2. The van der Waals surface area contributed by atoms with Crippen molar-refractivity contribution in [1.82, 2.24) is 9.55 Å². The first-order valence-electron chi connectivity index (χ1n) is 7.22. The summed E-state index contributed by atoms with van der Waals surface area (Å²) >= 11 is 4.40. The van der Waals surface area contributed by atoms with Crippen molar-refractivity contribution in [3.63, 3.8) is 0 Å². The molecule has 7 N–H and O–H groups in total. The van der Waals surface area contributed by atoms with Crippen molar-refractivity contribution >= 4 is 34.2 Å². The molecule has 2 rings (SSSR count). The molecule has 0 amide bonds. The summed E-state index contributed by atoms with van der Waals surface area (Å²) in [5.41, 5.74) is -1.68. The van der Waals surface area contributed by atoms with Gasteiger partial charge in [-0.25, -0.2) is 18.2 Å². The van der Waals surface area contributed by atoms with Crippen molar-refractivity contribution in [2.75, 3.05) is 6.61 Å². The molecule has 0 radical (unpaired) electrons. The molecule has 1 unspecified atom stereocenters. The Labute approximate surface area is 165 Å². The number of aromatic nitrogens is 2. The van der Waals surface area contributed by atoms with E-state index in [2.05, 4.69) is 25.0 Å². The van der Waals surface area contributed by atoms with E-state index in [0.29, 0.717) is 0 Å². The van der Waals surface area contributed by atoms with E-state index in [1.807, 2.05) is 4.98 Å². The molecule has 16 nitrogen and oxygen atoms in total. The zero-order valence-electron chi connectivity index (χ0n) is 13.8. The summed E-state index contributed by atoms with van der Waals surface area (Å²) in [7, 11) is -11.0. The van der Waals surface area contributed by atoms with Gasteiger partial charge in [-0.05, 0) is 11.8 Å². The van der Waals surface area contributed by atoms with Gasteiger partial charge in [0.25, 0.3) is 5.56 Å². The smallest absolute Gasteiger partial charge is 0.387 e. The second kappa shape index (κ2) is 8.86. The number of H-pyrrole nitrogens is 1. The summed E-state index contributed by atoms with van der Waals surface area (Å²) in [4.78, 5) is 60.7. The fraction of sp³-hybridized carbons (Fsp3) is 0.556. The highest BCUT2D eigenvalue weighted by Crippen LogP contribution is 2.66. The molecule has 1 aliphatic rings. The molecule has 166 valence electrons. The lowest BCUT2D eigenvalue weighted by Crippen LogP contribution is -2.37. The van der Waals surface area contributed by atoms with Crippen LogP contribution in [-0.4, -0.2) is 64.3 Å². The fourth-order valence-corrected chi connectivity index (χ4v) is 6.17. The summed E-state index contributed by atoms with van der Waals surface area (Å²) in [6.45, 7) is -5.48. The highest BCUT2D eigenvalue weighted by atomic mass is 32.5. The van der Waals surface area contributed by atoms with E-state index < -0.39 is 64.8 Å². The number of aromatic amines is 1. The summed E-state index contributed by atoms with van der Waals surface area (Å²) < 4.78 is 40.1. The van der Waals surface area contributed by atoms with Crippen LogP contribution in [0.5, 0.6) is 0 Å². The second-order valence-corrected chi connectivity index (χ2v) is 11.3. The lowest BCUT2D eigenvalue weighted by Gasteiger charge is -2.21. The normalized spacial score (nSPS) is 29.3. The van der Waals surface area contributed by atoms with Gasteiger partial charge >= 0.3 is 28.1 Å². The maximum atomic E-state index is 11.8. The Bertz CT molecular complexity index is 1000. The maximum Gasteiger partial charge on any atom is 0.488 e. The van der Waals surface area contributed by atoms with Gasteiger partial charge in [-0.15, -0.1) is 0 Å². The minimum absolute atomic E-state index is 0.719. The van der Waals surface area contributed by atoms with Crippen LogP contribution in [-0.2, 0) is 38.8 Å². The van der Waals surface area contributed by atoms with E-state index in [1.165, 1.54) is 0 Å². The lowest BCUT2D eigenvalue weighted by molar-refractivity contribution is -0.0527. The van der Waals surface area contributed by atoms with Crippen molar-refractivity contribution in [2.24, 2.45) is 0 Å². The number of ether oxygens (including phenoxy) is 1. The Morgan fingerprint density at radius 1 is 1.14 bits per heavy atom. The van der Waals surface area contributed by atoms with Crippen LogP contribution in [0.2, 0.25) is 0 Å². The molecule has 0 aliphatic carbocycles. The minimum Gasteiger partial charge on any atom is -0.387 e. The molecule has 2 heterocycles. The van der Waals surface area contributed by atoms with Gasteiger partial charge in [0.05, 0.1) is 6.61 Å². The molecule has 1 fully saturated rings. The first-order valence-corrected chi connectivity index (χ1v) is 12.8. The van der Waals surface area contributed by atoms with E-state index >= 15 is 0 Å². The maximum absolute atomic E-state index is 11.8. The van der Waals surface area contributed by atoms with Gasteiger partial charge in [0, 0.05) is 12.3 Å². The van der Waals surface area contributed by atoms with Gasteiger partial charge in [-0.2, -0.15) is 4.31 Å². The van der Waals surface area contributed by atoms with Crippen LogP contribution in [0.25, 0.3) is 0 Å². The average molecular weight is 500 g/mol. The van der Waals surface area contributed by atoms with Crippen molar-refractivity contribution in [3.05, 3.63) is 33.1 Å². The zero-order chi connectivity index (χ0) is 22.2. The topological polar surface area (TPSA) is 247 Å². The monoisotopic (exact) mass is 500 g/mol. The van der Waals surface area contributed by atoms with E-state index in [0.717, 1.165) is 16.8 Å². The zero-order valence-corrected chi connectivity index (χ0v) is 17.3. The number of nitrogens with zero attached hydrogens (tertiary/aromatic N) is 1. The quantitative estimate of drug-likeness (QED) is 0.184. The van der Waals surface area contributed by atoms with E-state index in [4.69, 9.17) is 19.4 Å². The molecule has 1 aromatic rings. The van der Waals surface area contributed by atoms with Crippen LogP contribution in [0.1, 0.15) is 6.23 Å². The van der Waals surface area contributed by atoms with Gasteiger partial charge in [0.1, 0.15) is 18.3 Å². The van der Waals surface area contributed by atoms with Gasteiger partial charge < -0.3 is 39.0 Å². The molecule has 0 aromatic carbocycles. The Hall–Kier alpha value is -0.610. The highest BCUT2D eigenvalue weighted by Gasteiger charge is 2.45. The molecular formula is C9H15N2O14P3S. The van der Waals surface area contributed by atoms with Crippen molar-refractivity contribution in [1.29, 1.82) is 0 Å². The van der Waals surface area contributed by atoms with E-state index in [1.54, 1.807) is 0 Å². The van der Waals surface area contributed by atoms with Gasteiger partial charge in [-0.1, -0.05) is 0 Å². The van der Waals surface area contributed by atoms with Crippen LogP contribution >= 0.6 is 22.4 Å². The summed E-state index contributed by atoms with van der Waals surface area (Å²) in [6, 6.07) is 0.953. The predicted molar refractivity (Wildman–Crippen MR) is 93.7 cm³/mol. The predicted octanol–water partition coefficient (Wildman–Crippen LogP) is -2.38. The first kappa shape index (κ1) is 24.7. The molecule has 1 aromatic heterocycles. The molecule has 0 spiro atoms. The number of hydrogen-bond donors (Lipinski definition) is 7. The minimum atomic E-state index is -5.52. The third kappa shape index (κ3) is 6.95. The molecule has 0 bridgehead atoms. The van der Waals surface area contributed by atoms with Crippen LogP contribution in [0, 0.1) is 0 Å². The number of aliphatic hydroxyl groups is 2. The molecule has 20 heteroatoms. The lowest BCUT2D eigenvalue weighted by atomic mass is 10.1. The molecule has 1 aliphatic heterocycles. The van der Waals surface area contributed by atoms with Crippen LogP contribution in [0.3, 0.4) is 0 Å². The van der Waals surface area contributed by atoms with Crippen molar-refractivity contribution in [2.45, 2.75) is 24.5 Å². The molecule has 29 heavy (non-hydrogen) atoms. The number of nitrogens with one attached hydrogen (secondary N) is 1. The van der Waals surface area contributed by atoms with Gasteiger partial charge in [-0.3, -0.25) is 14.3 Å². The van der Waals surface area contributed by atoms with Crippen LogP contribution < -0.4 is 11.2 Å². The number of hydrogen-bond acceptors (Lipinski definition) is 11. The Kier molecular flexibility index (Phi) is 7.54. The third-order valence-corrected chi connectivity index (χ3v) is 8.00. The average Bonchev–Trinajstić information content (AvgIpc) is 2.78. The van der Waals surface area contributed by atoms with Crippen molar-refractivity contribution in [3.8, 4) is 0 Å². The Morgan fingerprint density at radius 2 is 1.76 bits per heavy atom. The number of phosphoric acid groups is 2. The first-order chi connectivity index (χ1) is 13.1. The van der Waals surface area contributed by atoms with Crippen molar-refractivity contribution < 1.29 is 56.8 Å². The van der Waals surface area contributed by atoms with E-state index in [-0.39, 0.29) is 0 Å². The number of rotatable bonds is 8. The van der Waals surface area contributed by atoms with Crippen LogP contribution in [0.15, 0.2) is 21.9 Å². The highest BCUT2D eigenvalue weighted by molar-refractivity contribution is 8.08. The standard InChI is InChI=1S/C9H15N2O14P3S/c12-5-1-2-11(9(15)10-5)8-7(14)6(13)4(23-8)3-22-28(21,29)25-27(19,20)24-26(16,17)18/h1-2,4,6-8,13-14H,3H2,(H,19,20)(H,21,29)(H,10,12,15)(H2,16,17,18)/t4-,6-,7-,8-,28+/m1/s1. The summed E-state index contributed by atoms with van der Waals surface area (Å²) in [5.74, 6) is 0. The summed E-state index contributed by atoms with van der Waals surface area (Å²) in [6.07, 6.45) is -5.30. The largest absolute Gasteiger partial charge is 0.488 e. The van der Waals surface area contributed by atoms with Gasteiger partial charge in [0.15, 0.2) is 6.23 Å². The Morgan fingerprint density at radius 3 is 2.31 bits per heavy atom. The molecule has 1 saturated heterocycles. The molecule has 6 atom stereocenters. The summed E-state index contributed by atoms with van der Waals surface area (Å²) in [5, 5.41) is 20.0.